The van der Waals surface area contributed by atoms with E-state index < -0.39 is 10.0 Å². The fraction of sp³-hybridized carbons (Fsp3) is 0.294. The van der Waals surface area contributed by atoms with Gasteiger partial charge < -0.3 is 0 Å². The summed E-state index contributed by atoms with van der Waals surface area (Å²) in [5, 5.41) is 4.11. The summed E-state index contributed by atoms with van der Waals surface area (Å²) in [6, 6.07) is 11.1. The van der Waals surface area contributed by atoms with Gasteiger partial charge in [0.25, 0.3) is 0 Å². The van der Waals surface area contributed by atoms with E-state index >= 15 is 0 Å². The van der Waals surface area contributed by atoms with Crippen LogP contribution in [0.1, 0.15) is 25.0 Å². The molecular weight excluding hydrogens is 324 g/mol. The second kappa shape index (κ2) is 8.03. The smallest absolute Gasteiger partial charge is 0.244 e. The molecule has 1 heterocycles. The molecule has 0 fully saturated rings. The van der Waals surface area contributed by atoms with Crippen LogP contribution in [0.25, 0.3) is 0 Å². The van der Waals surface area contributed by atoms with Crippen LogP contribution >= 0.6 is 0 Å². The van der Waals surface area contributed by atoms with Gasteiger partial charge in [-0.25, -0.2) is 13.4 Å². The Labute approximate surface area is 143 Å². The van der Waals surface area contributed by atoms with E-state index in [-0.39, 0.29) is 4.90 Å². The Balaban J connectivity index is 2.07. The lowest BCUT2D eigenvalue weighted by Gasteiger charge is -2.18. The Bertz CT molecular complexity index is 798. The molecule has 0 aliphatic carbocycles. The first-order valence-electron chi connectivity index (χ1n) is 7.79. The van der Waals surface area contributed by atoms with Crippen molar-refractivity contribution < 1.29 is 8.42 Å². The summed E-state index contributed by atoms with van der Waals surface area (Å²) in [4.78, 5) is 4.29. The third-order valence-corrected chi connectivity index (χ3v) is 5.55. The number of pyridine rings is 1. The van der Waals surface area contributed by atoms with Crippen LogP contribution in [0.15, 0.2) is 52.6 Å². The quantitative estimate of drug-likeness (QED) is 0.618. The highest BCUT2D eigenvalue weighted by Gasteiger charge is 2.21. The van der Waals surface area contributed by atoms with Crippen LogP contribution in [0.2, 0.25) is 0 Å². The van der Waals surface area contributed by atoms with E-state index in [1.807, 2.05) is 45.0 Å². The van der Waals surface area contributed by atoms with Crippen LogP contribution in [0, 0.1) is 6.92 Å². The van der Waals surface area contributed by atoms with Crippen LogP contribution in [0.5, 0.6) is 0 Å². The normalized spacial score (nSPS) is 12.0. The van der Waals surface area contributed by atoms with Crippen molar-refractivity contribution >= 4 is 22.1 Å². The Morgan fingerprint density at radius 2 is 1.96 bits per heavy atom. The number of hydrazone groups is 1. The molecular formula is C17H22N4O2S. The third-order valence-electron chi connectivity index (χ3n) is 3.51. The van der Waals surface area contributed by atoms with E-state index in [1.165, 1.54) is 16.6 Å². The standard InChI is InChI=1S/C17H22N4O2S/c1-4-21(5-2)24(22,23)16-9-10-17(18-13-16)20-19-12-15-8-6-7-14(3)11-15/h6-13H,4-5H2,1-3H3,(H,18,20)/b19-12+. The summed E-state index contributed by atoms with van der Waals surface area (Å²) >= 11 is 0. The first-order chi connectivity index (χ1) is 11.5. The highest BCUT2D eigenvalue weighted by atomic mass is 32.2. The van der Waals surface area contributed by atoms with E-state index in [2.05, 4.69) is 15.5 Å². The maximum absolute atomic E-state index is 12.4. The SMILES string of the molecule is CCN(CC)S(=O)(=O)c1ccc(N/N=C/c2cccc(C)c2)nc1. The number of hydrogen-bond donors (Lipinski definition) is 1. The second-order valence-corrected chi connectivity index (χ2v) is 7.19. The van der Waals surface area contributed by atoms with Gasteiger partial charge in [0.2, 0.25) is 10.0 Å². The van der Waals surface area contributed by atoms with Gasteiger partial charge in [-0.05, 0) is 24.6 Å². The predicted octanol–water partition coefficient (Wildman–Crippen LogP) is 2.87. The van der Waals surface area contributed by atoms with Crippen LogP contribution < -0.4 is 5.43 Å². The van der Waals surface area contributed by atoms with Gasteiger partial charge in [0.15, 0.2) is 0 Å². The molecule has 0 amide bonds. The van der Waals surface area contributed by atoms with Crippen molar-refractivity contribution in [1.82, 2.24) is 9.29 Å². The number of rotatable bonds is 7. The lowest BCUT2D eigenvalue weighted by atomic mass is 10.2. The molecule has 1 N–H and O–H groups in total. The summed E-state index contributed by atoms with van der Waals surface area (Å²) < 4.78 is 26.1. The van der Waals surface area contributed by atoms with Gasteiger partial charge in [0.05, 0.1) is 6.21 Å². The first kappa shape index (κ1) is 18.1. The molecule has 0 spiro atoms. The first-order valence-corrected chi connectivity index (χ1v) is 9.23. The molecule has 128 valence electrons. The molecule has 0 bridgehead atoms. The number of nitrogens with one attached hydrogen (secondary N) is 1. The van der Waals surface area contributed by atoms with Crippen LogP contribution in [0.4, 0.5) is 5.82 Å². The predicted molar refractivity (Wildman–Crippen MR) is 96.7 cm³/mol. The van der Waals surface area contributed by atoms with Gasteiger partial charge >= 0.3 is 0 Å². The summed E-state index contributed by atoms with van der Waals surface area (Å²) in [7, 11) is -3.48. The molecule has 1 aromatic carbocycles. The molecule has 1 aromatic heterocycles. The molecule has 0 radical (unpaired) electrons. The molecule has 0 aliphatic rings. The highest BCUT2D eigenvalue weighted by molar-refractivity contribution is 7.89. The van der Waals surface area contributed by atoms with Crippen molar-refractivity contribution in [3.8, 4) is 0 Å². The zero-order chi connectivity index (χ0) is 17.6. The van der Waals surface area contributed by atoms with Crippen LogP contribution in [-0.2, 0) is 10.0 Å². The second-order valence-electron chi connectivity index (χ2n) is 5.25. The molecule has 2 aromatic rings. The highest BCUT2D eigenvalue weighted by Crippen LogP contribution is 2.16. The van der Waals surface area contributed by atoms with Crippen molar-refractivity contribution in [3.63, 3.8) is 0 Å². The van der Waals surface area contributed by atoms with E-state index in [0.29, 0.717) is 18.9 Å². The average Bonchev–Trinajstić information content (AvgIpc) is 2.56. The summed E-state index contributed by atoms with van der Waals surface area (Å²) in [5.41, 5.74) is 4.93. The third kappa shape index (κ3) is 4.39. The number of anilines is 1. The lowest BCUT2D eigenvalue weighted by molar-refractivity contribution is 0.445. The zero-order valence-electron chi connectivity index (χ0n) is 14.1. The van der Waals surface area contributed by atoms with Crippen LogP contribution in [-0.4, -0.2) is 37.0 Å². The van der Waals surface area contributed by atoms with Crippen molar-refractivity contribution in [1.29, 1.82) is 0 Å². The van der Waals surface area contributed by atoms with E-state index in [1.54, 1.807) is 12.3 Å². The number of aryl methyl sites for hydroxylation is 1. The Kier molecular flexibility index (Phi) is 6.05. The van der Waals surface area contributed by atoms with Crippen molar-refractivity contribution in [2.24, 2.45) is 5.10 Å². The number of hydrogen-bond acceptors (Lipinski definition) is 5. The van der Waals surface area contributed by atoms with Gasteiger partial charge in [-0.1, -0.05) is 43.7 Å². The lowest BCUT2D eigenvalue weighted by Crippen LogP contribution is -2.30. The maximum atomic E-state index is 12.4. The van der Waals surface area contributed by atoms with E-state index in [0.717, 1.165) is 11.1 Å². The monoisotopic (exact) mass is 346 g/mol. The van der Waals surface area contributed by atoms with Gasteiger partial charge in [0.1, 0.15) is 10.7 Å². The molecule has 0 saturated carbocycles. The molecule has 24 heavy (non-hydrogen) atoms. The minimum Gasteiger partial charge on any atom is -0.261 e. The number of benzene rings is 1. The van der Waals surface area contributed by atoms with Gasteiger partial charge in [-0.15, -0.1) is 0 Å². The maximum Gasteiger partial charge on any atom is 0.244 e. The van der Waals surface area contributed by atoms with Gasteiger partial charge in [-0.3, -0.25) is 5.43 Å². The summed E-state index contributed by atoms with van der Waals surface area (Å²) in [6.07, 6.45) is 3.04. The number of sulfonamides is 1. The molecule has 0 saturated heterocycles. The minimum atomic E-state index is -3.48. The van der Waals surface area contributed by atoms with E-state index in [9.17, 15) is 8.42 Å². The number of nitrogens with zero attached hydrogens (tertiary/aromatic N) is 3. The minimum absolute atomic E-state index is 0.180. The molecule has 7 heteroatoms. The largest absolute Gasteiger partial charge is 0.261 e. The summed E-state index contributed by atoms with van der Waals surface area (Å²) in [5.74, 6) is 0.484. The van der Waals surface area contributed by atoms with Gasteiger partial charge in [0, 0.05) is 19.3 Å². The molecule has 2 rings (SSSR count). The molecule has 0 unspecified atom stereocenters. The fourth-order valence-electron chi connectivity index (χ4n) is 2.23. The molecule has 6 nitrogen and oxygen atoms in total. The topological polar surface area (TPSA) is 74.7 Å². The van der Waals surface area contributed by atoms with Crippen LogP contribution in [0.3, 0.4) is 0 Å². The molecule has 0 atom stereocenters. The Hall–Kier alpha value is -2.25. The van der Waals surface area contributed by atoms with Gasteiger partial charge in [-0.2, -0.15) is 9.41 Å². The number of aromatic nitrogens is 1. The zero-order valence-corrected chi connectivity index (χ0v) is 14.9. The van der Waals surface area contributed by atoms with Crippen molar-refractivity contribution in [2.75, 3.05) is 18.5 Å². The summed E-state index contributed by atoms with van der Waals surface area (Å²) in [6.45, 7) is 6.50. The van der Waals surface area contributed by atoms with Crippen molar-refractivity contribution in [2.45, 2.75) is 25.7 Å². The fourth-order valence-corrected chi connectivity index (χ4v) is 3.64. The Morgan fingerprint density at radius 1 is 1.21 bits per heavy atom. The average molecular weight is 346 g/mol. The molecule has 0 aliphatic heterocycles. The van der Waals surface area contributed by atoms with E-state index in [4.69, 9.17) is 0 Å². The Morgan fingerprint density at radius 3 is 2.54 bits per heavy atom. The van der Waals surface area contributed by atoms with Crippen molar-refractivity contribution in [3.05, 3.63) is 53.7 Å².